The minimum Gasteiger partial charge on any atom is -0.355 e. The van der Waals surface area contributed by atoms with Gasteiger partial charge in [-0.05, 0) is 31.0 Å². The van der Waals surface area contributed by atoms with Gasteiger partial charge in [0.05, 0.1) is 5.69 Å². The molecular weight excluding hydrogens is 284 g/mol. The Morgan fingerprint density at radius 2 is 1.81 bits per heavy atom. The van der Waals surface area contributed by atoms with Crippen LogP contribution in [-0.4, -0.2) is 27.7 Å². The SMILES string of the molecule is Clc1ccc(-c2cc3c(N4CCCC4)nccn3n2)cc1. The maximum Gasteiger partial charge on any atom is 0.154 e. The summed E-state index contributed by atoms with van der Waals surface area (Å²) in [6, 6.07) is 9.87. The van der Waals surface area contributed by atoms with Gasteiger partial charge in [-0.1, -0.05) is 23.7 Å². The number of halogens is 1. The summed E-state index contributed by atoms with van der Waals surface area (Å²) in [5.41, 5.74) is 3.07. The third-order valence-electron chi connectivity index (χ3n) is 3.92. The lowest BCUT2D eigenvalue weighted by molar-refractivity contribution is 0.901. The van der Waals surface area contributed by atoms with Crippen LogP contribution in [0.15, 0.2) is 42.7 Å². The summed E-state index contributed by atoms with van der Waals surface area (Å²) in [5.74, 6) is 1.03. The highest BCUT2D eigenvalue weighted by atomic mass is 35.5. The molecule has 2 aromatic heterocycles. The van der Waals surface area contributed by atoms with Crippen LogP contribution >= 0.6 is 11.6 Å². The minimum absolute atomic E-state index is 0.738. The van der Waals surface area contributed by atoms with Crippen molar-refractivity contribution in [3.8, 4) is 11.3 Å². The number of anilines is 1. The van der Waals surface area contributed by atoms with Gasteiger partial charge < -0.3 is 4.90 Å². The average molecular weight is 299 g/mol. The molecule has 0 atom stereocenters. The van der Waals surface area contributed by atoms with Crippen molar-refractivity contribution in [1.82, 2.24) is 14.6 Å². The first kappa shape index (κ1) is 12.7. The lowest BCUT2D eigenvalue weighted by atomic mass is 10.1. The zero-order valence-electron chi connectivity index (χ0n) is 11.5. The van der Waals surface area contributed by atoms with Gasteiger partial charge in [-0.2, -0.15) is 5.10 Å². The van der Waals surface area contributed by atoms with E-state index < -0.39 is 0 Å². The van der Waals surface area contributed by atoms with Gasteiger partial charge in [-0.25, -0.2) is 9.50 Å². The molecule has 5 heteroatoms. The van der Waals surface area contributed by atoms with Crippen LogP contribution in [0, 0.1) is 0 Å². The first-order valence-corrected chi connectivity index (χ1v) is 7.54. The van der Waals surface area contributed by atoms with Crippen molar-refractivity contribution in [1.29, 1.82) is 0 Å². The molecule has 1 aliphatic rings. The van der Waals surface area contributed by atoms with Crippen molar-refractivity contribution >= 4 is 22.9 Å². The molecule has 4 nitrogen and oxygen atoms in total. The quantitative estimate of drug-likeness (QED) is 0.724. The maximum atomic E-state index is 5.95. The maximum absolute atomic E-state index is 5.95. The van der Waals surface area contributed by atoms with Crippen molar-refractivity contribution in [2.24, 2.45) is 0 Å². The van der Waals surface area contributed by atoms with E-state index in [0.29, 0.717) is 0 Å². The summed E-state index contributed by atoms with van der Waals surface area (Å²) in [5, 5.41) is 5.39. The molecule has 0 unspecified atom stereocenters. The predicted molar refractivity (Wildman–Crippen MR) is 84.9 cm³/mol. The second-order valence-electron chi connectivity index (χ2n) is 5.31. The third kappa shape index (κ3) is 2.25. The Bertz CT molecular complexity index is 773. The third-order valence-corrected chi connectivity index (χ3v) is 4.17. The Kier molecular flexibility index (Phi) is 3.04. The summed E-state index contributed by atoms with van der Waals surface area (Å²) in [7, 11) is 0. The number of nitrogens with zero attached hydrogens (tertiary/aromatic N) is 4. The van der Waals surface area contributed by atoms with E-state index in [4.69, 9.17) is 11.6 Å². The highest BCUT2D eigenvalue weighted by Gasteiger charge is 2.17. The average Bonchev–Trinajstić information content (AvgIpc) is 3.17. The molecule has 1 aromatic carbocycles. The second kappa shape index (κ2) is 5.04. The van der Waals surface area contributed by atoms with E-state index in [0.717, 1.165) is 40.7 Å². The van der Waals surface area contributed by atoms with Crippen LogP contribution in [0.3, 0.4) is 0 Å². The normalized spacial score (nSPS) is 15.0. The van der Waals surface area contributed by atoms with Crippen LogP contribution < -0.4 is 4.90 Å². The molecule has 3 aromatic rings. The zero-order chi connectivity index (χ0) is 14.2. The van der Waals surface area contributed by atoms with Gasteiger partial charge in [-0.3, -0.25) is 0 Å². The first-order valence-electron chi connectivity index (χ1n) is 7.16. The number of hydrogen-bond donors (Lipinski definition) is 0. The second-order valence-corrected chi connectivity index (χ2v) is 5.75. The molecule has 1 saturated heterocycles. The molecule has 0 spiro atoms. The summed E-state index contributed by atoms with van der Waals surface area (Å²) >= 11 is 5.95. The van der Waals surface area contributed by atoms with E-state index >= 15 is 0 Å². The number of hydrogen-bond acceptors (Lipinski definition) is 3. The van der Waals surface area contributed by atoms with Crippen molar-refractivity contribution in [2.45, 2.75) is 12.8 Å². The molecule has 3 heterocycles. The highest BCUT2D eigenvalue weighted by molar-refractivity contribution is 6.30. The Morgan fingerprint density at radius 3 is 2.57 bits per heavy atom. The van der Waals surface area contributed by atoms with E-state index in [1.54, 1.807) is 0 Å². The van der Waals surface area contributed by atoms with Crippen LogP contribution in [0.4, 0.5) is 5.82 Å². The zero-order valence-corrected chi connectivity index (χ0v) is 12.3. The predicted octanol–water partition coefficient (Wildman–Crippen LogP) is 3.65. The fraction of sp³-hybridized carbons (Fsp3) is 0.250. The molecule has 0 radical (unpaired) electrons. The van der Waals surface area contributed by atoms with Crippen LogP contribution in [0.2, 0.25) is 5.02 Å². The number of fused-ring (bicyclic) bond motifs is 1. The molecule has 0 bridgehead atoms. The van der Waals surface area contributed by atoms with Gasteiger partial charge in [0, 0.05) is 36.1 Å². The molecule has 1 aliphatic heterocycles. The molecule has 0 saturated carbocycles. The lowest BCUT2D eigenvalue weighted by Crippen LogP contribution is -2.19. The fourth-order valence-electron chi connectivity index (χ4n) is 2.84. The topological polar surface area (TPSA) is 33.4 Å². The van der Waals surface area contributed by atoms with E-state index in [1.165, 1.54) is 12.8 Å². The highest BCUT2D eigenvalue weighted by Crippen LogP contribution is 2.27. The monoisotopic (exact) mass is 298 g/mol. The molecule has 0 aliphatic carbocycles. The lowest BCUT2D eigenvalue weighted by Gasteiger charge is -2.16. The van der Waals surface area contributed by atoms with Crippen molar-refractivity contribution in [3.05, 3.63) is 47.7 Å². The van der Waals surface area contributed by atoms with Gasteiger partial charge >= 0.3 is 0 Å². The van der Waals surface area contributed by atoms with Crippen molar-refractivity contribution in [2.75, 3.05) is 18.0 Å². The largest absolute Gasteiger partial charge is 0.355 e. The van der Waals surface area contributed by atoms with Crippen molar-refractivity contribution < 1.29 is 0 Å². The van der Waals surface area contributed by atoms with Crippen molar-refractivity contribution in [3.63, 3.8) is 0 Å². The molecule has 0 amide bonds. The molecular formula is C16H15ClN4. The van der Waals surface area contributed by atoms with Gasteiger partial charge in [0.25, 0.3) is 0 Å². The van der Waals surface area contributed by atoms with E-state index in [9.17, 15) is 0 Å². The summed E-state index contributed by atoms with van der Waals surface area (Å²) in [6.45, 7) is 2.16. The Morgan fingerprint density at radius 1 is 1.05 bits per heavy atom. The van der Waals surface area contributed by atoms with E-state index in [2.05, 4.69) is 21.0 Å². The minimum atomic E-state index is 0.738. The van der Waals surface area contributed by atoms with Gasteiger partial charge in [0.1, 0.15) is 5.52 Å². The van der Waals surface area contributed by atoms with Crippen LogP contribution in [0.1, 0.15) is 12.8 Å². The van der Waals surface area contributed by atoms with Gasteiger partial charge in [0.2, 0.25) is 0 Å². The fourth-order valence-corrected chi connectivity index (χ4v) is 2.97. The van der Waals surface area contributed by atoms with Crippen LogP contribution in [-0.2, 0) is 0 Å². The van der Waals surface area contributed by atoms with Crippen LogP contribution in [0.5, 0.6) is 0 Å². The van der Waals surface area contributed by atoms with Crippen LogP contribution in [0.25, 0.3) is 16.8 Å². The summed E-state index contributed by atoms with van der Waals surface area (Å²) in [4.78, 5) is 6.89. The molecule has 4 rings (SSSR count). The number of rotatable bonds is 2. The first-order chi connectivity index (χ1) is 10.3. The number of aromatic nitrogens is 3. The Labute approximate surface area is 128 Å². The Balaban J connectivity index is 1.82. The Hall–Kier alpha value is -2.07. The number of benzene rings is 1. The van der Waals surface area contributed by atoms with E-state index in [-0.39, 0.29) is 0 Å². The smallest absolute Gasteiger partial charge is 0.154 e. The summed E-state index contributed by atoms with van der Waals surface area (Å²) in [6.07, 6.45) is 6.19. The molecule has 1 fully saturated rings. The summed E-state index contributed by atoms with van der Waals surface area (Å²) < 4.78 is 1.91. The molecule has 21 heavy (non-hydrogen) atoms. The van der Waals surface area contributed by atoms with E-state index in [1.807, 2.05) is 41.2 Å². The standard InChI is InChI=1S/C16H15ClN4/c17-13-5-3-12(4-6-13)14-11-15-16(20-8-1-2-9-20)18-7-10-21(15)19-14/h3-7,10-11H,1-2,8-9H2. The molecule has 106 valence electrons. The molecule has 0 N–H and O–H groups in total. The van der Waals surface area contributed by atoms with Gasteiger partial charge in [0.15, 0.2) is 5.82 Å². The van der Waals surface area contributed by atoms with Gasteiger partial charge in [-0.15, -0.1) is 0 Å².